The monoisotopic (exact) mass is 389 g/mol. The lowest BCUT2D eigenvalue weighted by Gasteiger charge is -2.18. The molecule has 0 aliphatic rings. The second-order valence-corrected chi connectivity index (χ2v) is 6.48. The number of rotatable bonds is 11. The van der Waals surface area contributed by atoms with Crippen molar-refractivity contribution in [1.29, 1.82) is 0 Å². The van der Waals surface area contributed by atoms with E-state index in [1.807, 2.05) is 31.2 Å². The van der Waals surface area contributed by atoms with Crippen LogP contribution in [0.4, 0.5) is 0 Å². The van der Waals surface area contributed by atoms with E-state index in [9.17, 15) is 15.0 Å². The average Bonchev–Trinajstić information content (AvgIpc) is 2.70. The van der Waals surface area contributed by atoms with E-state index in [4.69, 9.17) is 9.47 Å². The lowest BCUT2D eigenvalue weighted by atomic mass is 10.1. The number of carbonyl (C=O) groups is 1. The summed E-state index contributed by atoms with van der Waals surface area (Å²) in [4.78, 5) is 11.1. The number of aliphatic hydroxyl groups excluding tert-OH is 1. The minimum Gasteiger partial charge on any atom is -0.508 e. The number of aromatic hydroxyl groups is 1. The number of benzene rings is 2. The van der Waals surface area contributed by atoms with Gasteiger partial charge >= 0.3 is 5.97 Å². The van der Waals surface area contributed by atoms with Crippen LogP contribution in [-0.4, -0.2) is 55.2 Å². The van der Waals surface area contributed by atoms with Crippen molar-refractivity contribution in [2.24, 2.45) is 0 Å². The zero-order chi connectivity index (χ0) is 20.4. The van der Waals surface area contributed by atoms with Crippen LogP contribution in [0, 0.1) is 0 Å². The van der Waals surface area contributed by atoms with E-state index >= 15 is 0 Å². The molecule has 0 heterocycles. The molecule has 0 radical (unpaired) electrons. The van der Waals surface area contributed by atoms with E-state index in [-0.39, 0.29) is 25.0 Å². The molecule has 0 saturated carbocycles. The summed E-state index contributed by atoms with van der Waals surface area (Å²) in [6.45, 7) is 2.44. The van der Waals surface area contributed by atoms with Crippen LogP contribution in [0.25, 0.3) is 0 Å². The van der Waals surface area contributed by atoms with Gasteiger partial charge < -0.3 is 29.7 Å². The van der Waals surface area contributed by atoms with Crippen molar-refractivity contribution < 1.29 is 29.2 Å². The molecule has 0 aliphatic carbocycles. The minimum absolute atomic E-state index is 0.115. The molecule has 0 amide bonds. The Bertz CT molecular complexity index is 734. The fourth-order valence-electron chi connectivity index (χ4n) is 2.51. The molecule has 0 fully saturated rings. The summed E-state index contributed by atoms with van der Waals surface area (Å²) in [5.74, 6) is 0.824. The Morgan fingerprint density at radius 3 is 2.54 bits per heavy atom. The van der Waals surface area contributed by atoms with Gasteiger partial charge in [-0.15, -0.1) is 0 Å². The van der Waals surface area contributed by atoms with Gasteiger partial charge in [-0.05, 0) is 43.2 Å². The maximum absolute atomic E-state index is 11.1. The zero-order valence-corrected chi connectivity index (χ0v) is 16.1. The van der Waals surface area contributed by atoms with Gasteiger partial charge in [0.1, 0.15) is 30.0 Å². The highest BCUT2D eigenvalue weighted by molar-refractivity contribution is 5.70. The van der Waals surface area contributed by atoms with Crippen LogP contribution < -0.4 is 14.8 Å². The third-order valence-electron chi connectivity index (χ3n) is 4.01. The largest absolute Gasteiger partial charge is 0.508 e. The highest BCUT2D eigenvalue weighted by Gasteiger charge is 2.09. The molecule has 0 bridgehead atoms. The standard InChI is InChI=1S/C21H27NO6/c1-15(10-16-6-8-19(9-7-16)28-14-21(25)26-2)22-12-18(24)13-27-20-5-3-4-17(23)11-20/h3-9,11,15,18,22-24H,10,12-14H2,1-2H3. The summed E-state index contributed by atoms with van der Waals surface area (Å²) in [7, 11) is 1.32. The van der Waals surface area contributed by atoms with Crippen molar-refractivity contribution in [3.05, 3.63) is 54.1 Å². The van der Waals surface area contributed by atoms with Crippen LogP contribution in [-0.2, 0) is 16.0 Å². The summed E-state index contributed by atoms with van der Waals surface area (Å²) in [5, 5.41) is 22.7. The molecule has 3 N–H and O–H groups in total. The molecule has 2 aromatic rings. The van der Waals surface area contributed by atoms with E-state index in [1.54, 1.807) is 18.2 Å². The average molecular weight is 389 g/mol. The number of methoxy groups -OCH3 is 1. The van der Waals surface area contributed by atoms with Gasteiger partial charge in [-0.25, -0.2) is 4.79 Å². The number of nitrogens with one attached hydrogen (secondary N) is 1. The van der Waals surface area contributed by atoms with Gasteiger partial charge in [0.2, 0.25) is 0 Å². The predicted octanol–water partition coefficient (Wildman–Crippen LogP) is 1.90. The van der Waals surface area contributed by atoms with E-state index in [0.717, 1.165) is 12.0 Å². The third kappa shape index (κ3) is 7.85. The number of hydrogen-bond acceptors (Lipinski definition) is 7. The van der Waals surface area contributed by atoms with Gasteiger partial charge in [-0.2, -0.15) is 0 Å². The summed E-state index contributed by atoms with van der Waals surface area (Å²) in [6.07, 6.45) is 0.108. The molecular formula is C21H27NO6. The Hall–Kier alpha value is -2.77. The Morgan fingerprint density at radius 2 is 1.86 bits per heavy atom. The number of esters is 1. The smallest absolute Gasteiger partial charge is 0.343 e. The first-order valence-electron chi connectivity index (χ1n) is 9.08. The van der Waals surface area contributed by atoms with E-state index in [0.29, 0.717) is 18.0 Å². The number of phenols is 1. The minimum atomic E-state index is -0.668. The molecule has 7 nitrogen and oxygen atoms in total. The Balaban J connectivity index is 1.68. The molecule has 2 rings (SSSR count). The molecule has 7 heteroatoms. The van der Waals surface area contributed by atoms with Crippen molar-refractivity contribution in [2.45, 2.75) is 25.5 Å². The van der Waals surface area contributed by atoms with Crippen molar-refractivity contribution in [3.8, 4) is 17.2 Å². The summed E-state index contributed by atoms with van der Waals surface area (Å²) < 4.78 is 15.3. The molecule has 152 valence electrons. The van der Waals surface area contributed by atoms with Gasteiger partial charge in [0, 0.05) is 18.7 Å². The topological polar surface area (TPSA) is 97.3 Å². The Morgan fingerprint density at radius 1 is 1.11 bits per heavy atom. The van der Waals surface area contributed by atoms with Crippen LogP contribution >= 0.6 is 0 Å². The maximum Gasteiger partial charge on any atom is 0.343 e. The first-order chi connectivity index (χ1) is 13.5. The number of phenolic OH excluding ortho intramolecular Hbond substituents is 1. The molecule has 2 unspecified atom stereocenters. The van der Waals surface area contributed by atoms with E-state index in [1.165, 1.54) is 13.2 Å². The predicted molar refractivity (Wildman–Crippen MR) is 105 cm³/mol. The van der Waals surface area contributed by atoms with Crippen LogP contribution in [0.15, 0.2) is 48.5 Å². The van der Waals surface area contributed by atoms with Crippen molar-refractivity contribution in [1.82, 2.24) is 5.32 Å². The van der Waals surface area contributed by atoms with Gasteiger partial charge in [-0.3, -0.25) is 0 Å². The van der Waals surface area contributed by atoms with Crippen molar-refractivity contribution in [3.63, 3.8) is 0 Å². The van der Waals surface area contributed by atoms with Crippen molar-refractivity contribution >= 4 is 5.97 Å². The maximum atomic E-state index is 11.1. The fraction of sp³-hybridized carbons (Fsp3) is 0.381. The zero-order valence-electron chi connectivity index (χ0n) is 16.1. The van der Waals surface area contributed by atoms with Crippen LogP contribution in [0.3, 0.4) is 0 Å². The third-order valence-corrected chi connectivity index (χ3v) is 4.01. The lowest BCUT2D eigenvalue weighted by molar-refractivity contribution is -0.142. The molecule has 0 aromatic heterocycles. The van der Waals surface area contributed by atoms with Gasteiger partial charge in [0.15, 0.2) is 6.61 Å². The van der Waals surface area contributed by atoms with E-state index in [2.05, 4.69) is 10.1 Å². The Labute approximate surface area is 164 Å². The normalized spacial score (nSPS) is 12.8. The number of hydrogen-bond donors (Lipinski definition) is 3. The number of aliphatic hydroxyl groups is 1. The van der Waals surface area contributed by atoms with E-state index < -0.39 is 12.1 Å². The summed E-state index contributed by atoms with van der Waals surface area (Å²) >= 11 is 0. The first kappa shape index (κ1) is 21.5. The van der Waals surface area contributed by atoms with Gasteiger partial charge in [0.25, 0.3) is 0 Å². The molecule has 0 aliphatic heterocycles. The highest BCUT2D eigenvalue weighted by atomic mass is 16.6. The second-order valence-electron chi connectivity index (χ2n) is 6.48. The summed E-state index contributed by atoms with van der Waals surface area (Å²) in [5.41, 5.74) is 1.11. The molecule has 28 heavy (non-hydrogen) atoms. The molecule has 0 spiro atoms. The van der Waals surface area contributed by atoms with Gasteiger partial charge in [0.05, 0.1) is 7.11 Å². The molecule has 0 saturated heterocycles. The molecule has 2 atom stereocenters. The van der Waals surface area contributed by atoms with Crippen LogP contribution in [0.2, 0.25) is 0 Å². The first-order valence-corrected chi connectivity index (χ1v) is 9.08. The SMILES string of the molecule is COC(=O)COc1ccc(CC(C)NCC(O)COc2cccc(O)c2)cc1. The Kier molecular flexibility index (Phi) is 8.58. The van der Waals surface area contributed by atoms with Gasteiger partial charge in [-0.1, -0.05) is 18.2 Å². The molecule has 2 aromatic carbocycles. The summed E-state index contributed by atoms with van der Waals surface area (Å²) in [6, 6.07) is 14.1. The number of carbonyl (C=O) groups excluding carboxylic acids is 1. The quantitative estimate of drug-likeness (QED) is 0.505. The van der Waals surface area contributed by atoms with Crippen molar-refractivity contribution in [2.75, 3.05) is 26.9 Å². The number of ether oxygens (including phenoxy) is 3. The molecular weight excluding hydrogens is 362 g/mol. The lowest BCUT2D eigenvalue weighted by Crippen LogP contribution is -2.37. The highest BCUT2D eigenvalue weighted by Crippen LogP contribution is 2.17. The second kappa shape index (κ2) is 11.2. The van der Waals surface area contributed by atoms with Crippen LogP contribution in [0.5, 0.6) is 17.2 Å². The van der Waals surface area contributed by atoms with Crippen LogP contribution in [0.1, 0.15) is 12.5 Å². The fourth-order valence-corrected chi connectivity index (χ4v) is 2.51.